The fourth-order valence-electron chi connectivity index (χ4n) is 2.83. The van der Waals surface area contributed by atoms with Crippen molar-refractivity contribution in [2.45, 2.75) is 20.3 Å². The molecular formula is C14H28N2O2. The number of nitrogens with one attached hydrogen (secondary N) is 1. The zero-order valence-corrected chi connectivity index (χ0v) is 11.9. The average Bonchev–Trinajstić information content (AvgIpc) is 2.78. The molecule has 2 heterocycles. The lowest BCUT2D eigenvalue weighted by atomic mass is 9.86. The van der Waals surface area contributed by atoms with Crippen molar-refractivity contribution < 1.29 is 9.47 Å². The molecule has 0 bridgehead atoms. The van der Waals surface area contributed by atoms with Crippen LogP contribution in [0, 0.1) is 11.3 Å². The monoisotopic (exact) mass is 256 g/mol. The molecule has 0 amide bonds. The molecule has 1 unspecified atom stereocenters. The third kappa shape index (κ3) is 4.19. The minimum Gasteiger partial charge on any atom is -0.381 e. The van der Waals surface area contributed by atoms with Gasteiger partial charge in [-0.15, -0.1) is 0 Å². The van der Waals surface area contributed by atoms with Gasteiger partial charge in [-0.1, -0.05) is 13.8 Å². The Balaban J connectivity index is 1.81. The van der Waals surface area contributed by atoms with Gasteiger partial charge in [0.05, 0.1) is 19.8 Å². The number of ether oxygens (including phenoxy) is 2. The molecule has 0 aliphatic carbocycles. The summed E-state index contributed by atoms with van der Waals surface area (Å²) in [5.41, 5.74) is 0.326. The van der Waals surface area contributed by atoms with Gasteiger partial charge >= 0.3 is 0 Å². The van der Waals surface area contributed by atoms with Crippen molar-refractivity contribution in [3.05, 3.63) is 0 Å². The Bertz CT molecular complexity index is 234. The van der Waals surface area contributed by atoms with Crippen molar-refractivity contribution in [1.29, 1.82) is 0 Å². The van der Waals surface area contributed by atoms with Crippen molar-refractivity contribution in [3.63, 3.8) is 0 Å². The second kappa shape index (κ2) is 6.85. The standard InChI is InChI=1S/C14H28N2O2/c1-13(2)9-15-10-14(3-6-18-12-14)11-16-4-7-17-8-5-16/h13,15H,3-12H2,1-2H3. The minimum absolute atomic E-state index is 0.326. The maximum absolute atomic E-state index is 5.66. The molecule has 0 aromatic heterocycles. The van der Waals surface area contributed by atoms with Crippen LogP contribution in [0.15, 0.2) is 0 Å². The Labute approximate surface area is 111 Å². The van der Waals surface area contributed by atoms with Crippen molar-refractivity contribution >= 4 is 0 Å². The molecule has 4 heteroatoms. The van der Waals surface area contributed by atoms with E-state index in [2.05, 4.69) is 24.1 Å². The summed E-state index contributed by atoms with van der Waals surface area (Å²) in [6, 6.07) is 0. The van der Waals surface area contributed by atoms with Crippen LogP contribution in [-0.2, 0) is 9.47 Å². The fraction of sp³-hybridized carbons (Fsp3) is 1.00. The summed E-state index contributed by atoms with van der Waals surface area (Å²) in [7, 11) is 0. The lowest BCUT2D eigenvalue weighted by Gasteiger charge is -2.36. The van der Waals surface area contributed by atoms with Crippen LogP contribution in [0.25, 0.3) is 0 Å². The molecule has 106 valence electrons. The van der Waals surface area contributed by atoms with E-state index in [-0.39, 0.29) is 0 Å². The molecule has 0 aromatic rings. The Kier molecular flexibility index (Phi) is 5.42. The second-order valence-corrected chi connectivity index (χ2v) is 6.22. The predicted molar refractivity (Wildman–Crippen MR) is 72.8 cm³/mol. The molecule has 0 radical (unpaired) electrons. The van der Waals surface area contributed by atoms with Crippen molar-refractivity contribution in [2.75, 3.05) is 59.2 Å². The zero-order chi connectivity index (χ0) is 12.8. The number of hydrogen-bond acceptors (Lipinski definition) is 4. The molecule has 0 spiro atoms. The number of hydrogen-bond donors (Lipinski definition) is 1. The van der Waals surface area contributed by atoms with Gasteiger partial charge in [0.15, 0.2) is 0 Å². The number of rotatable bonds is 6. The largest absolute Gasteiger partial charge is 0.381 e. The molecule has 2 rings (SSSR count). The lowest BCUT2D eigenvalue weighted by molar-refractivity contribution is 0.0129. The molecule has 2 saturated heterocycles. The maximum atomic E-state index is 5.66. The molecular weight excluding hydrogens is 228 g/mol. The van der Waals surface area contributed by atoms with Crippen molar-refractivity contribution in [1.82, 2.24) is 10.2 Å². The summed E-state index contributed by atoms with van der Waals surface area (Å²) in [5.74, 6) is 0.716. The van der Waals surface area contributed by atoms with Gasteiger partial charge in [-0.2, -0.15) is 0 Å². The fourth-order valence-corrected chi connectivity index (χ4v) is 2.83. The van der Waals surface area contributed by atoms with E-state index < -0.39 is 0 Å². The van der Waals surface area contributed by atoms with Crippen LogP contribution in [0.5, 0.6) is 0 Å². The van der Waals surface area contributed by atoms with Crippen LogP contribution >= 0.6 is 0 Å². The van der Waals surface area contributed by atoms with Gasteiger partial charge in [0, 0.05) is 38.2 Å². The van der Waals surface area contributed by atoms with E-state index in [0.717, 1.165) is 59.2 Å². The Morgan fingerprint density at radius 3 is 2.56 bits per heavy atom. The molecule has 2 aliphatic heterocycles. The van der Waals surface area contributed by atoms with Gasteiger partial charge in [0.25, 0.3) is 0 Å². The highest BCUT2D eigenvalue weighted by Gasteiger charge is 2.36. The van der Waals surface area contributed by atoms with E-state index in [4.69, 9.17) is 9.47 Å². The lowest BCUT2D eigenvalue weighted by Crippen LogP contribution is -2.48. The first-order valence-electron chi connectivity index (χ1n) is 7.29. The third-order valence-corrected chi connectivity index (χ3v) is 3.90. The molecule has 2 aliphatic rings. The van der Waals surface area contributed by atoms with Gasteiger partial charge in [-0.25, -0.2) is 0 Å². The third-order valence-electron chi connectivity index (χ3n) is 3.90. The van der Waals surface area contributed by atoms with E-state index >= 15 is 0 Å². The summed E-state index contributed by atoms with van der Waals surface area (Å²) in [6.07, 6.45) is 1.19. The van der Waals surface area contributed by atoms with E-state index in [1.54, 1.807) is 0 Å². The Morgan fingerprint density at radius 2 is 1.94 bits per heavy atom. The van der Waals surface area contributed by atoms with E-state index in [1.165, 1.54) is 6.42 Å². The van der Waals surface area contributed by atoms with Gasteiger partial charge in [0.1, 0.15) is 0 Å². The quantitative estimate of drug-likeness (QED) is 0.768. The predicted octanol–water partition coefficient (Wildman–Crippen LogP) is 0.971. The highest BCUT2D eigenvalue weighted by molar-refractivity contribution is 4.89. The second-order valence-electron chi connectivity index (χ2n) is 6.22. The first-order valence-corrected chi connectivity index (χ1v) is 7.29. The maximum Gasteiger partial charge on any atom is 0.0594 e. The SMILES string of the molecule is CC(C)CNCC1(CN2CCOCC2)CCOC1. The van der Waals surface area contributed by atoms with Gasteiger partial charge in [-0.05, 0) is 18.9 Å². The number of morpholine rings is 1. The number of nitrogens with zero attached hydrogens (tertiary/aromatic N) is 1. The van der Waals surface area contributed by atoms with Gasteiger partial charge in [0.2, 0.25) is 0 Å². The zero-order valence-electron chi connectivity index (χ0n) is 11.9. The van der Waals surface area contributed by atoms with Gasteiger partial charge < -0.3 is 14.8 Å². The van der Waals surface area contributed by atoms with Crippen LogP contribution in [0.3, 0.4) is 0 Å². The van der Waals surface area contributed by atoms with Crippen molar-refractivity contribution in [2.24, 2.45) is 11.3 Å². The molecule has 4 nitrogen and oxygen atoms in total. The van der Waals surface area contributed by atoms with E-state index in [0.29, 0.717) is 11.3 Å². The van der Waals surface area contributed by atoms with Crippen LogP contribution in [0.4, 0.5) is 0 Å². The summed E-state index contributed by atoms with van der Waals surface area (Å²) in [6.45, 7) is 13.6. The summed E-state index contributed by atoms with van der Waals surface area (Å²) in [4.78, 5) is 2.54. The first kappa shape index (κ1) is 14.3. The molecule has 1 atom stereocenters. The summed E-state index contributed by atoms with van der Waals surface area (Å²) >= 11 is 0. The highest BCUT2D eigenvalue weighted by Crippen LogP contribution is 2.29. The van der Waals surface area contributed by atoms with Crippen molar-refractivity contribution in [3.8, 4) is 0 Å². The molecule has 0 aromatic carbocycles. The summed E-state index contributed by atoms with van der Waals surface area (Å²) in [5, 5.41) is 3.62. The Morgan fingerprint density at radius 1 is 1.17 bits per heavy atom. The molecule has 0 saturated carbocycles. The molecule has 18 heavy (non-hydrogen) atoms. The summed E-state index contributed by atoms with van der Waals surface area (Å²) < 4.78 is 11.1. The van der Waals surface area contributed by atoms with Crippen LogP contribution in [0.2, 0.25) is 0 Å². The van der Waals surface area contributed by atoms with Gasteiger partial charge in [-0.3, -0.25) is 4.90 Å². The van der Waals surface area contributed by atoms with Crippen LogP contribution in [-0.4, -0.2) is 64.1 Å². The first-order chi connectivity index (χ1) is 8.70. The van der Waals surface area contributed by atoms with E-state index in [1.807, 2.05) is 0 Å². The smallest absolute Gasteiger partial charge is 0.0594 e. The molecule has 1 N–H and O–H groups in total. The van der Waals surface area contributed by atoms with E-state index in [9.17, 15) is 0 Å². The topological polar surface area (TPSA) is 33.7 Å². The minimum atomic E-state index is 0.326. The molecule has 2 fully saturated rings. The average molecular weight is 256 g/mol. The van der Waals surface area contributed by atoms with Crippen LogP contribution in [0.1, 0.15) is 20.3 Å². The Hall–Kier alpha value is -0.160. The van der Waals surface area contributed by atoms with Crippen LogP contribution < -0.4 is 5.32 Å². The highest BCUT2D eigenvalue weighted by atomic mass is 16.5. The normalized spacial score (nSPS) is 30.2.